The molecule has 0 saturated carbocycles. The van der Waals surface area contributed by atoms with Gasteiger partial charge in [-0.25, -0.2) is 14.8 Å². The van der Waals surface area contributed by atoms with Gasteiger partial charge >= 0.3 is 6.03 Å². The summed E-state index contributed by atoms with van der Waals surface area (Å²) in [6.07, 6.45) is 4.69. The molecule has 0 radical (unpaired) electrons. The lowest BCUT2D eigenvalue weighted by atomic mass is 9.96. The average Bonchev–Trinajstić information content (AvgIpc) is 3.14. The van der Waals surface area contributed by atoms with Gasteiger partial charge in [0.15, 0.2) is 0 Å². The number of fused-ring (bicyclic) bond motifs is 1. The van der Waals surface area contributed by atoms with Crippen molar-refractivity contribution in [1.29, 1.82) is 0 Å². The van der Waals surface area contributed by atoms with Gasteiger partial charge in [0.1, 0.15) is 0 Å². The summed E-state index contributed by atoms with van der Waals surface area (Å²) < 4.78 is 0. The maximum atomic E-state index is 12.1. The highest BCUT2D eigenvalue weighted by atomic mass is 16.2. The normalized spacial score (nSPS) is 16.0. The van der Waals surface area contributed by atoms with Gasteiger partial charge in [-0.05, 0) is 36.5 Å². The monoisotopic (exact) mass is 425 g/mol. The number of nitrogens with zero attached hydrogens (tertiary/aromatic N) is 5. The van der Waals surface area contributed by atoms with E-state index in [2.05, 4.69) is 25.8 Å². The molecule has 1 saturated heterocycles. The molecule has 31 heavy (non-hydrogen) atoms. The molecule has 6 N–H and O–H groups in total. The molecule has 0 bridgehead atoms. The molecule has 0 unspecified atom stereocenters. The van der Waals surface area contributed by atoms with Crippen LogP contribution in [-0.4, -0.2) is 53.5 Å². The SMILES string of the molecule is CN1NNc2cc(CN(CC3CCN(c4ncc(C(N)=O)cn4)CC3)C(N)=O)ccc21. The number of hydrogen-bond acceptors (Lipinski definition) is 8. The Bertz CT molecular complexity index is 958. The Hall–Kier alpha value is -3.60. The number of nitrogens with one attached hydrogen (secondary N) is 2. The highest BCUT2D eigenvalue weighted by Gasteiger charge is 2.25. The van der Waals surface area contributed by atoms with Crippen LogP contribution in [0.15, 0.2) is 30.6 Å². The van der Waals surface area contributed by atoms with E-state index in [0.29, 0.717) is 30.5 Å². The van der Waals surface area contributed by atoms with E-state index < -0.39 is 11.9 Å². The Labute approximate surface area is 180 Å². The number of nitrogens with two attached hydrogens (primary N) is 2. The lowest BCUT2D eigenvalue weighted by Gasteiger charge is -2.34. The first-order valence-corrected chi connectivity index (χ1v) is 10.2. The molecule has 1 aromatic heterocycles. The molecule has 3 heterocycles. The van der Waals surface area contributed by atoms with Crippen molar-refractivity contribution < 1.29 is 9.59 Å². The number of rotatable bonds is 6. The minimum atomic E-state index is -0.542. The number of amides is 3. The number of hydrazine groups is 2. The number of anilines is 3. The number of carbonyl (C=O) groups is 2. The lowest BCUT2D eigenvalue weighted by Crippen LogP contribution is -2.43. The van der Waals surface area contributed by atoms with Gasteiger partial charge < -0.3 is 26.7 Å². The van der Waals surface area contributed by atoms with Crippen LogP contribution in [0.3, 0.4) is 0 Å². The summed E-state index contributed by atoms with van der Waals surface area (Å²) in [5.74, 6) is 0.382. The zero-order valence-electron chi connectivity index (χ0n) is 17.4. The first kappa shape index (κ1) is 20.7. The van der Waals surface area contributed by atoms with Crippen LogP contribution in [0.1, 0.15) is 28.8 Å². The Kier molecular flexibility index (Phi) is 5.76. The summed E-state index contributed by atoms with van der Waals surface area (Å²) in [6.45, 7) is 2.61. The number of benzene rings is 1. The standard InChI is InChI=1S/C20H27N9O2/c1-27-17-3-2-14(8-16(17)25-26-27)12-29(19(22)31)11-13-4-6-28(7-5-13)20-23-9-15(10-24-20)18(21)30/h2-3,8-10,13,25-26H,4-7,11-12H2,1H3,(H2,21,30)(H2,22,31). The third-order valence-electron chi connectivity index (χ3n) is 5.76. The fourth-order valence-electron chi connectivity index (χ4n) is 3.97. The molecule has 0 spiro atoms. The van der Waals surface area contributed by atoms with Crippen LogP contribution in [0, 0.1) is 5.92 Å². The van der Waals surface area contributed by atoms with Crippen LogP contribution in [0.25, 0.3) is 0 Å². The van der Waals surface area contributed by atoms with Crippen molar-refractivity contribution >= 4 is 29.3 Å². The van der Waals surface area contributed by atoms with E-state index >= 15 is 0 Å². The van der Waals surface area contributed by atoms with Gasteiger partial charge in [0.05, 0.1) is 16.9 Å². The van der Waals surface area contributed by atoms with E-state index in [4.69, 9.17) is 11.5 Å². The number of aromatic nitrogens is 2. The van der Waals surface area contributed by atoms with Crippen molar-refractivity contribution in [3.63, 3.8) is 0 Å². The number of piperidine rings is 1. The summed E-state index contributed by atoms with van der Waals surface area (Å²) >= 11 is 0. The first-order valence-electron chi connectivity index (χ1n) is 10.2. The number of carbonyl (C=O) groups excluding carboxylic acids is 2. The van der Waals surface area contributed by atoms with Gasteiger partial charge in [-0.15, -0.1) is 5.53 Å². The van der Waals surface area contributed by atoms with E-state index in [-0.39, 0.29) is 0 Å². The van der Waals surface area contributed by atoms with Crippen LogP contribution in [0.5, 0.6) is 0 Å². The zero-order valence-corrected chi connectivity index (χ0v) is 17.4. The highest BCUT2D eigenvalue weighted by molar-refractivity contribution is 5.92. The Morgan fingerprint density at radius 1 is 1.19 bits per heavy atom. The third-order valence-corrected chi connectivity index (χ3v) is 5.76. The Morgan fingerprint density at radius 2 is 1.90 bits per heavy atom. The smallest absolute Gasteiger partial charge is 0.315 e. The van der Waals surface area contributed by atoms with Crippen LogP contribution in [-0.2, 0) is 6.54 Å². The molecule has 1 fully saturated rings. The van der Waals surface area contributed by atoms with Crippen LogP contribution in [0.4, 0.5) is 22.1 Å². The Balaban J connectivity index is 1.33. The summed E-state index contributed by atoms with van der Waals surface area (Å²) in [6, 6.07) is 5.63. The summed E-state index contributed by atoms with van der Waals surface area (Å²) in [4.78, 5) is 35.5. The van der Waals surface area contributed by atoms with Gasteiger partial charge in [0.2, 0.25) is 5.95 Å². The van der Waals surface area contributed by atoms with E-state index in [1.54, 1.807) is 4.90 Å². The largest absolute Gasteiger partial charge is 0.366 e. The van der Waals surface area contributed by atoms with Crippen molar-refractivity contribution in [3.8, 4) is 0 Å². The molecule has 2 aromatic rings. The molecule has 0 atom stereocenters. The van der Waals surface area contributed by atoms with E-state index in [1.165, 1.54) is 12.4 Å². The molecule has 1 aromatic carbocycles. The molecular formula is C20H27N9O2. The predicted molar refractivity (Wildman–Crippen MR) is 117 cm³/mol. The van der Waals surface area contributed by atoms with Crippen LogP contribution >= 0.6 is 0 Å². The number of primary amides is 2. The molecule has 11 nitrogen and oxygen atoms in total. The van der Waals surface area contributed by atoms with Crippen molar-refractivity contribution in [2.24, 2.45) is 17.4 Å². The molecule has 3 amide bonds. The predicted octanol–water partition coefficient (Wildman–Crippen LogP) is 0.654. The minimum Gasteiger partial charge on any atom is -0.366 e. The zero-order chi connectivity index (χ0) is 22.0. The highest BCUT2D eigenvalue weighted by Crippen LogP contribution is 2.29. The molecule has 11 heteroatoms. The molecule has 4 rings (SSSR count). The quantitative estimate of drug-likeness (QED) is 0.528. The molecular weight excluding hydrogens is 398 g/mol. The van der Waals surface area contributed by atoms with Crippen molar-refractivity contribution in [3.05, 3.63) is 41.7 Å². The van der Waals surface area contributed by atoms with Crippen LogP contribution < -0.4 is 32.3 Å². The van der Waals surface area contributed by atoms with Gasteiger partial charge in [-0.3, -0.25) is 9.80 Å². The van der Waals surface area contributed by atoms with Gasteiger partial charge in [0.25, 0.3) is 5.91 Å². The fourth-order valence-corrected chi connectivity index (χ4v) is 3.97. The van der Waals surface area contributed by atoms with E-state index in [9.17, 15) is 9.59 Å². The van der Waals surface area contributed by atoms with Crippen molar-refractivity contribution in [2.45, 2.75) is 19.4 Å². The van der Waals surface area contributed by atoms with Gasteiger partial charge in [-0.1, -0.05) is 6.07 Å². The van der Waals surface area contributed by atoms with Gasteiger partial charge in [-0.2, -0.15) is 0 Å². The fraction of sp³-hybridized carbons (Fsp3) is 0.400. The minimum absolute atomic E-state index is 0.292. The summed E-state index contributed by atoms with van der Waals surface area (Å²) in [7, 11) is 1.93. The second kappa shape index (κ2) is 8.64. The third kappa shape index (κ3) is 4.61. The summed E-state index contributed by atoms with van der Waals surface area (Å²) in [5.41, 5.74) is 20.4. The van der Waals surface area contributed by atoms with E-state index in [0.717, 1.165) is 42.9 Å². The Morgan fingerprint density at radius 3 is 2.55 bits per heavy atom. The molecule has 2 aliphatic heterocycles. The maximum absolute atomic E-state index is 12.1. The van der Waals surface area contributed by atoms with Crippen molar-refractivity contribution in [2.75, 3.05) is 42.0 Å². The first-order chi connectivity index (χ1) is 14.9. The van der Waals surface area contributed by atoms with Crippen molar-refractivity contribution in [1.82, 2.24) is 20.4 Å². The topological polar surface area (TPSA) is 146 Å². The maximum Gasteiger partial charge on any atom is 0.315 e. The van der Waals surface area contributed by atoms with Gasteiger partial charge in [0, 0.05) is 45.6 Å². The number of urea groups is 1. The summed E-state index contributed by atoms with van der Waals surface area (Å²) in [5, 5.41) is 1.89. The second-order valence-electron chi connectivity index (χ2n) is 7.93. The lowest BCUT2D eigenvalue weighted by molar-refractivity contribution is 0.0999. The molecule has 0 aliphatic carbocycles. The average molecular weight is 425 g/mol. The number of hydrogen-bond donors (Lipinski definition) is 4. The van der Waals surface area contributed by atoms with E-state index in [1.807, 2.05) is 30.3 Å². The molecule has 2 aliphatic rings. The van der Waals surface area contributed by atoms with Crippen LogP contribution in [0.2, 0.25) is 0 Å². The molecule has 164 valence electrons. The second-order valence-corrected chi connectivity index (χ2v) is 7.93.